The third kappa shape index (κ3) is 4.81. The minimum Gasteiger partial charge on any atom is -0.477 e. The molecular weight excluding hydrogens is 367 g/mol. The van der Waals surface area contributed by atoms with Crippen molar-refractivity contribution in [3.8, 4) is 0 Å². The van der Waals surface area contributed by atoms with Gasteiger partial charge in [-0.25, -0.2) is 19.0 Å². The van der Waals surface area contributed by atoms with Gasteiger partial charge in [-0.1, -0.05) is 6.07 Å². The number of anilines is 1. The molecule has 1 fully saturated rings. The quantitative estimate of drug-likeness (QED) is 0.747. The predicted molar refractivity (Wildman–Crippen MR) is 98.7 cm³/mol. The Hall–Kier alpha value is -3.49. The monoisotopic (exact) mass is 386 g/mol. The van der Waals surface area contributed by atoms with Gasteiger partial charge in [-0.15, -0.1) is 0 Å². The second-order valence-electron chi connectivity index (χ2n) is 6.39. The van der Waals surface area contributed by atoms with E-state index in [0.29, 0.717) is 31.6 Å². The number of nitrogens with one attached hydrogen (secondary N) is 2. The standard InChI is InChI=1S/C19H19FN4O4/c20-12-4-6-13(7-5-12)21-19(28)22-14-8-10-24(11-9-14)17(25)15-2-1-3-16(23-15)18(26)27/h1-7,14H,8-11H2,(H,26,27)(H2,21,22,28). The van der Waals surface area contributed by atoms with Gasteiger partial charge in [0.15, 0.2) is 0 Å². The van der Waals surface area contributed by atoms with Crippen molar-refractivity contribution in [1.82, 2.24) is 15.2 Å². The number of aromatic nitrogens is 1. The summed E-state index contributed by atoms with van der Waals surface area (Å²) in [6.45, 7) is 0.832. The lowest BCUT2D eigenvalue weighted by Crippen LogP contribution is -2.47. The maximum atomic E-state index is 12.9. The summed E-state index contributed by atoms with van der Waals surface area (Å²) in [5.41, 5.74) is 0.385. The number of piperidine rings is 1. The number of pyridine rings is 1. The summed E-state index contributed by atoms with van der Waals surface area (Å²) in [5.74, 6) is -1.91. The number of hydrogen-bond acceptors (Lipinski definition) is 4. The molecule has 1 aromatic heterocycles. The topological polar surface area (TPSA) is 112 Å². The lowest BCUT2D eigenvalue weighted by Gasteiger charge is -2.32. The fraction of sp³-hybridized carbons (Fsp3) is 0.263. The Bertz CT molecular complexity index is 880. The van der Waals surface area contributed by atoms with E-state index >= 15 is 0 Å². The Balaban J connectivity index is 1.50. The van der Waals surface area contributed by atoms with Gasteiger partial charge < -0.3 is 20.6 Å². The number of urea groups is 1. The molecule has 0 unspecified atom stereocenters. The summed E-state index contributed by atoms with van der Waals surface area (Å²) >= 11 is 0. The summed E-state index contributed by atoms with van der Waals surface area (Å²) in [5, 5.41) is 14.4. The SMILES string of the molecule is O=C(Nc1ccc(F)cc1)NC1CCN(C(=O)c2cccc(C(=O)O)n2)CC1. The fourth-order valence-electron chi connectivity index (χ4n) is 2.95. The third-order valence-corrected chi connectivity index (χ3v) is 4.41. The van der Waals surface area contributed by atoms with Crippen LogP contribution in [0.25, 0.3) is 0 Å². The van der Waals surface area contributed by atoms with Gasteiger partial charge in [0.25, 0.3) is 5.91 Å². The zero-order chi connectivity index (χ0) is 20.1. The van der Waals surface area contributed by atoms with Crippen LogP contribution in [-0.2, 0) is 0 Å². The molecule has 3 N–H and O–H groups in total. The lowest BCUT2D eigenvalue weighted by molar-refractivity contribution is 0.0688. The van der Waals surface area contributed by atoms with Crippen molar-refractivity contribution in [2.75, 3.05) is 18.4 Å². The zero-order valence-electron chi connectivity index (χ0n) is 14.9. The first-order valence-corrected chi connectivity index (χ1v) is 8.75. The highest BCUT2D eigenvalue weighted by atomic mass is 19.1. The van der Waals surface area contributed by atoms with Crippen molar-refractivity contribution in [1.29, 1.82) is 0 Å². The minimum absolute atomic E-state index is 0.0837. The number of amides is 3. The van der Waals surface area contributed by atoms with Crippen LogP contribution in [0.1, 0.15) is 33.8 Å². The van der Waals surface area contributed by atoms with E-state index in [4.69, 9.17) is 5.11 Å². The summed E-state index contributed by atoms with van der Waals surface area (Å²) < 4.78 is 12.9. The Morgan fingerprint density at radius 3 is 2.32 bits per heavy atom. The molecule has 28 heavy (non-hydrogen) atoms. The molecule has 1 saturated heterocycles. The number of carbonyl (C=O) groups excluding carboxylic acids is 2. The molecule has 1 aliphatic rings. The van der Waals surface area contributed by atoms with Crippen molar-refractivity contribution < 1.29 is 23.9 Å². The molecular formula is C19H19FN4O4. The van der Waals surface area contributed by atoms with Crippen LogP contribution in [0.5, 0.6) is 0 Å². The highest BCUT2D eigenvalue weighted by molar-refractivity contribution is 5.94. The van der Waals surface area contributed by atoms with E-state index in [0.717, 1.165) is 0 Å². The van der Waals surface area contributed by atoms with Crippen molar-refractivity contribution in [3.05, 3.63) is 59.7 Å². The Morgan fingerprint density at radius 2 is 1.68 bits per heavy atom. The number of nitrogens with zero attached hydrogens (tertiary/aromatic N) is 2. The summed E-state index contributed by atoms with van der Waals surface area (Å²) in [7, 11) is 0. The van der Waals surface area contributed by atoms with Crippen LogP contribution < -0.4 is 10.6 Å². The van der Waals surface area contributed by atoms with E-state index in [1.165, 1.54) is 42.5 Å². The number of carbonyl (C=O) groups is 3. The Kier molecular flexibility index (Phi) is 5.83. The van der Waals surface area contributed by atoms with Crippen molar-refractivity contribution in [2.24, 2.45) is 0 Å². The number of carboxylic acid groups (broad SMARTS) is 1. The van der Waals surface area contributed by atoms with Gasteiger partial charge in [0.1, 0.15) is 17.2 Å². The number of rotatable bonds is 4. The van der Waals surface area contributed by atoms with E-state index in [9.17, 15) is 18.8 Å². The van der Waals surface area contributed by atoms with Gasteiger partial charge in [-0.05, 0) is 49.2 Å². The van der Waals surface area contributed by atoms with Crippen molar-refractivity contribution in [3.63, 3.8) is 0 Å². The highest BCUT2D eigenvalue weighted by Crippen LogP contribution is 2.14. The highest BCUT2D eigenvalue weighted by Gasteiger charge is 2.25. The van der Waals surface area contributed by atoms with Crippen LogP contribution in [-0.4, -0.2) is 52.0 Å². The van der Waals surface area contributed by atoms with Crippen LogP contribution >= 0.6 is 0 Å². The molecule has 0 saturated carbocycles. The number of carboxylic acids is 1. The molecule has 0 atom stereocenters. The lowest BCUT2D eigenvalue weighted by atomic mass is 10.0. The number of likely N-dealkylation sites (tertiary alicyclic amines) is 1. The number of hydrogen-bond donors (Lipinski definition) is 3. The molecule has 9 heteroatoms. The molecule has 2 heterocycles. The van der Waals surface area contributed by atoms with Crippen LogP contribution in [0.15, 0.2) is 42.5 Å². The molecule has 3 amide bonds. The molecule has 2 aromatic rings. The van der Waals surface area contributed by atoms with E-state index in [-0.39, 0.29) is 29.2 Å². The maximum absolute atomic E-state index is 12.9. The van der Waals surface area contributed by atoms with Crippen molar-refractivity contribution in [2.45, 2.75) is 18.9 Å². The molecule has 0 bridgehead atoms. The van der Waals surface area contributed by atoms with Crippen LogP contribution in [0.4, 0.5) is 14.9 Å². The predicted octanol–water partition coefficient (Wildman–Crippen LogP) is 2.35. The first-order chi connectivity index (χ1) is 13.4. The van der Waals surface area contributed by atoms with Gasteiger partial charge in [0, 0.05) is 24.8 Å². The van der Waals surface area contributed by atoms with Crippen LogP contribution in [0.3, 0.4) is 0 Å². The summed E-state index contributed by atoms with van der Waals surface area (Å²) in [4.78, 5) is 41.0. The van der Waals surface area contributed by atoms with Gasteiger partial charge in [-0.3, -0.25) is 4.79 Å². The number of benzene rings is 1. The maximum Gasteiger partial charge on any atom is 0.354 e. The summed E-state index contributed by atoms with van der Waals surface area (Å²) in [6.07, 6.45) is 1.11. The number of aromatic carboxylic acids is 1. The van der Waals surface area contributed by atoms with E-state index in [1.807, 2.05) is 0 Å². The molecule has 8 nitrogen and oxygen atoms in total. The second kappa shape index (κ2) is 8.47. The average Bonchev–Trinajstić information content (AvgIpc) is 2.70. The Labute approximate surface area is 160 Å². The molecule has 0 aliphatic carbocycles. The van der Waals surface area contributed by atoms with Crippen LogP contribution in [0.2, 0.25) is 0 Å². The molecule has 146 valence electrons. The van der Waals surface area contributed by atoms with Crippen molar-refractivity contribution >= 4 is 23.6 Å². The van der Waals surface area contributed by atoms with Crippen LogP contribution in [0, 0.1) is 5.82 Å². The summed E-state index contributed by atoms with van der Waals surface area (Å²) in [6, 6.07) is 9.24. The average molecular weight is 386 g/mol. The van der Waals surface area contributed by atoms with E-state index in [2.05, 4.69) is 15.6 Å². The van der Waals surface area contributed by atoms with E-state index < -0.39 is 12.0 Å². The smallest absolute Gasteiger partial charge is 0.354 e. The zero-order valence-corrected chi connectivity index (χ0v) is 14.9. The Morgan fingerprint density at radius 1 is 1.04 bits per heavy atom. The molecule has 1 aromatic carbocycles. The van der Waals surface area contributed by atoms with Gasteiger partial charge in [0.2, 0.25) is 0 Å². The fourth-order valence-corrected chi connectivity index (χ4v) is 2.95. The normalized spacial score (nSPS) is 14.4. The molecule has 3 rings (SSSR count). The van der Waals surface area contributed by atoms with E-state index in [1.54, 1.807) is 4.90 Å². The largest absolute Gasteiger partial charge is 0.477 e. The third-order valence-electron chi connectivity index (χ3n) is 4.41. The number of halogens is 1. The van der Waals surface area contributed by atoms with Gasteiger partial charge in [-0.2, -0.15) is 0 Å². The first kappa shape index (κ1) is 19.3. The molecule has 1 aliphatic heterocycles. The van der Waals surface area contributed by atoms with Gasteiger partial charge in [0.05, 0.1) is 0 Å². The molecule has 0 spiro atoms. The van der Waals surface area contributed by atoms with Gasteiger partial charge >= 0.3 is 12.0 Å². The first-order valence-electron chi connectivity index (χ1n) is 8.75. The second-order valence-corrected chi connectivity index (χ2v) is 6.39. The molecule has 0 radical (unpaired) electrons. The minimum atomic E-state index is -1.19.